The predicted molar refractivity (Wildman–Crippen MR) is 80.7 cm³/mol. The Balaban J connectivity index is 2.62. The highest BCUT2D eigenvalue weighted by Gasteiger charge is 2.07. The summed E-state index contributed by atoms with van der Waals surface area (Å²) in [7, 11) is 0. The van der Waals surface area contributed by atoms with E-state index < -0.39 is 0 Å². The van der Waals surface area contributed by atoms with Gasteiger partial charge in [0.05, 0.1) is 0 Å². The van der Waals surface area contributed by atoms with Crippen molar-refractivity contribution in [3.63, 3.8) is 0 Å². The van der Waals surface area contributed by atoms with Gasteiger partial charge < -0.3 is 5.11 Å². The van der Waals surface area contributed by atoms with Crippen molar-refractivity contribution >= 4 is 43.6 Å². The van der Waals surface area contributed by atoms with E-state index in [1.807, 2.05) is 18.4 Å². The Bertz CT molecular complexity index is 535. The van der Waals surface area contributed by atoms with Gasteiger partial charge in [-0.3, -0.25) is 0 Å². The second-order valence-corrected chi connectivity index (χ2v) is 6.22. The zero-order chi connectivity index (χ0) is 12.4. The third-order valence-corrected chi connectivity index (χ3v) is 4.10. The molecule has 1 N–H and O–H groups in total. The van der Waals surface area contributed by atoms with E-state index in [0.29, 0.717) is 0 Å². The highest BCUT2D eigenvalue weighted by Crippen LogP contribution is 2.35. The summed E-state index contributed by atoms with van der Waals surface area (Å²) in [6, 6.07) is 11.6. The third-order valence-electron chi connectivity index (χ3n) is 2.36. The van der Waals surface area contributed by atoms with Gasteiger partial charge in [-0.1, -0.05) is 31.9 Å². The number of halogens is 2. The van der Waals surface area contributed by atoms with Gasteiger partial charge in [-0.15, -0.1) is 11.8 Å². The minimum absolute atomic E-state index is 0.265. The fourth-order valence-electron chi connectivity index (χ4n) is 1.64. The van der Waals surface area contributed by atoms with Crippen LogP contribution in [0.25, 0.3) is 11.1 Å². The molecule has 0 saturated heterocycles. The van der Waals surface area contributed by atoms with Gasteiger partial charge in [0.2, 0.25) is 0 Å². The Morgan fingerprint density at radius 2 is 1.76 bits per heavy atom. The first-order valence-electron chi connectivity index (χ1n) is 4.93. The molecule has 1 nitrogen and oxygen atoms in total. The molecular formula is C13H10Br2OS. The zero-order valence-electron chi connectivity index (χ0n) is 9.08. The van der Waals surface area contributed by atoms with Crippen LogP contribution in [0, 0.1) is 0 Å². The second kappa shape index (κ2) is 5.46. The van der Waals surface area contributed by atoms with E-state index in [0.717, 1.165) is 20.1 Å². The maximum absolute atomic E-state index is 9.64. The van der Waals surface area contributed by atoms with Crippen molar-refractivity contribution in [2.24, 2.45) is 0 Å². The van der Waals surface area contributed by atoms with Crippen LogP contribution in [0.5, 0.6) is 5.75 Å². The van der Waals surface area contributed by atoms with Gasteiger partial charge in [0, 0.05) is 13.8 Å². The Morgan fingerprint density at radius 3 is 2.41 bits per heavy atom. The van der Waals surface area contributed by atoms with Crippen molar-refractivity contribution in [2.75, 3.05) is 6.26 Å². The first-order valence-corrected chi connectivity index (χ1v) is 7.74. The standard InChI is InChI=1S/C13H10Br2OS/c1-17-13-3-2-9(14)7-12(13)8-4-10(15)6-11(16)5-8/h2-7,16H,1H3. The van der Waals surface area contributed by atoms with Crippen LogP contribution in [-0.2, 0) is 0 Å². The lowest BCUT2D eigenvalue weighted by Gasteiger charge is -2.09. The summed E-state index contributed by atoms with van der Waals surface area (Å²) >= 11 is 8.57. The van der Waals surface area contributed by atoms with Gasteiger partial charge in [0.1, 0.15) is 5.75 Å². The van der Waals surface area contributed by atoms with E-state index in [1.165, 1.54) is 4.90 Å². The summed E-state index contributed by atoms with van der Waals surface area (Å²) in [5.41, 5.74) is 2.12. The van der Waals surface area contributed by atoms with Gasteiger partial charge in [-0.2, -0.15) is 0 Å². The number of phenolic OH excluding ortho intramolecular Hbond substituents is 1. The van der Waals surface area contributed by atoms with Crippen molar-refractivity contribution in [1.29, 1.82) is 0 Å². The molecule has 4 heteroatoms. The molecule has 0 atom stereocenters. The number of hydrogen-bond donors (Lipinski definition) is 1. The van der Waals surface area contributed by atoms with Gasteiger partial charge in [-0.05, 0) is 53.8 Å². The molecule has 0 aliphatic carbocycles. The summed E-state index contributed by atoms with van der Waals surface area (Å²) in [6.07, 6.45) is 2.05. The number of aromatic hydroxyl groups is 1. The minimum atomic E-state index is 0.265. The average molecular weight is 374 g/mol. The minimum Gasteiger partial charge on any atom is -0.508 e. The second-order valence-electron chi connectivity index (χ2n) is 3.54. The Labute approximate surface area is 122 Å². The normalized spacial score (nSPS) is 10.5. The largest absolute Gasteiger partial charge is 0.508 e. The molecule has 0 unspecified atom stereocenters. The summed E-state index contributed by atoms with van der Waals surface area (Å²) in [5, 5.41) is 9.64. The van der Waals surface area contributed by atoms with E-state index in [-0.39, 0.29) is 5.75 Å². The summed E-state index contributed by atoms with van der Waals surface area (Å²) in [4.78, 5) is 1.19. The number of rotatable bonds is 2. The molecule has 2 aromatic rings. The predicted octanol–water partition coefficient (Wildman–Crippen LogP) is 5.31. The Morgan fingerprint density at radius 1 is 1.00 bits per heavy atom. The smallest absolute Gasteiger partial charge is 0.117 e. The van der Waals surface area contributed by atoms with E-state index in [9.17, 15) is 5.11 Å². The first kappa shape index (κ1) is 13.0. The molecule has 0 spiro atoms. The van der Waals surface area contributed by atoms with Crippen LogP contribution in [0.15, 0.2) is 50.2 Å². The summed E-state index contributed by atoms with van der Waals surface area (Å²) in [5.74, 6) is 0.265. The number of hydrogen-bond acceptors (Lipinski definition) is 2. The van der Waals surface area contributed by atoms with Crippen molar-refractivity contribution in [1.82, 2.24) is 0 Å². The van der Waals surface area contributed by atoms with Gasteiger partial charge in [0.25, 0.3) is 0 Å². The molecule has 0 fully saturated rings. The van der Waals surface area contributed by atoms with Crippen LogP contribution in [0.1, 0.15) is 0 Å². The molecule has 88 valence electrons. The lowest BCUT2D eigenvalue weighted by Crippen LogP contribution is -1.83. The molecule has 0 aromatic heterocycles. The lowest BCUT2D eigenvalue weighted by molar-refractivity contribution is 0.475. The monoisotopic (exact) mass is 372 g/mol. The fraction of sp³-hybridized carbons (Fsp3) is 0.0769. The van der Waals surface area contributed by atoms with Gasteiger partial charge >= 0.3 is 0 Å². The number of thioether (sulfide) groups is 1. The molecule has 0 aliphatic heterocycles. The summed E-state index contributed by atoms with van der Waals surface area (Å²) in [6.45, 7) is 0. The zero-order valence-corrected chi connectivity index (χ0v) is 13.1. The quantitative estimate of drug-likeness (QED) is 0.720. The Hall–Kier alpha value is -0.450. The van der Waals surface area contributed by atoms with E-state index in [4.69, 9.17) is 0 Å². The van der Waals surface area contributed by atoms with Gasteiger partial charge in [-0.25, -0.2) is 0 Å². The first-order chi connectivity index (χ1) is 8.10. The molecule has 0 amide bonds. The molecule has 0 aliphatic rings. The molecular weight excluding hydrogens is 364 g/mol. The molecule has 17 heavy (non-hydrogen) atoms. The maximum atomic E-state index is 9.64. The van der Waals surface area contributed by atoms with E-state index >= 15 is 0 Å². The maximum Gasteiger partial charge on any atom is 0.117 e. The van der Waals surface area contributed by atoms with Crippen LogP contribution < -0.4 is 0 Å². The van der Waals surface area contributed by atoms with Gasteiger partial charge in [0.15, 0.2) is 0 Å². The topological polar surface area (TPSA) is 20.2 Å². The van der Waals surface area contributed by atoms with Crippen LogP contribution in [0.2, 0.25) is 0 Å². The lowest BCUT2D eigenvalue weighted by atomic mass is 10.1. The van der Waals surface area contributed by atoms with Crippen molar-refractivity contribution < 1.29 is 5.11 Å². The van der Waals surface area contributed by atoms with E-state index in [1.54, 1.807) is 23.9 Å². The molecule has 0 radical (unpaired) electrons. The molecule has 0 bridgehead atoms. The number of phenols is 1. The molecule has 0 heterocycles. The SMILES string of the molecule is CSc1ccc(Br)cc1-c1cc(O)cc(Br)c1. The van der Waals surface area contributed by atoms with Crippen LogP contribution >= 0.6 is 43.6 Å². The van der Waals surface area contributed by atoms with Crippen LogP contribution in [0.3, 0.4) is 0 Å². The van der Waals surface area contributed by atoms with Crippen molar-refractivity contribution in [2.45, 2.75) is 4.90 Å². The Kier molecular flexibility index (Phi) is 4.17. The van der Waals surface area contributed by atoms with Crippen LogP contribution in [0.4, 0.5) is 0 Å². The number of benzene rings is 2. The average Bonchev–Trinajstić information content (AvgIpc) is 2.27. The van der Waals surface area contributed by atoms with Crippen LogP contribution in [-0.4, -0.2) is 11.4 Å². The highest BCUT2D eigenvalue weighted by atomic mass is 79.9. The highest BCUT2D eigenvalue weighted by molar-refractivity contribution is 9.10. The third kappa shape index (κ3) is 3.06. The summed E-state index contributed by atoms with van der Waals surface area (Å²) < 4.78 is 1.91. The van der Waals surface area contributed by atoms with E-state index in [2.05, 4.69) is 44.0 Å². The molecule has 0 saturated carbocycles. The fourth-order valence-corrected chi connectivity index (χ4v) is 3.08. The van der Waals surface area contributed by atoms with Crippen molar-refractivity contribution in [3.05, 3.63) is 45.3 Å². The molecule has 2 aromatic carbocycles. The van der Waals surface area contributed by atoms with Crippen molar-refractivity contribution in [3.8, 4) is 16.9 Å². The molecule has 2 rings (SSSR count).